The number of carboxylic acid groups (broad SMARTS) is 1. The molecule has 0 aliphatic carbocycles. The SMILES string of the molecule is O=C(O)C(F)(F)F.O=C(c1cccs1)N1CCC2(CCCN(c3ncccn3)C2)C1. The van der Waals surface area contributed by atoms with Crippen LogP contribution in [0.1, 0.15) is 28.9 Å². The molecule has 2 aromatic heterocycles. The molecule has 2 fully saturated rings. The zero-order valence-corrected chi connectivity index (χ0v) is 16.8. The average Bonchev–Trinajstić information content (AvgIpc) is 3.39. The highest BCUT2D eigenvalue weighted by atomic mass is 32.1. The van der Waals surface area contributed by atoms with E-state index >= 15 is 0 Å². The van der Waals surface area contributed by atoms with E-state index in [1.807, 2.05) is 28.5 Å². The van der Waals surface area contributed by atoms with Crippen molar-refractivity contribution in [3.8, 4) is 0 Å². The van der Waals surface area contributed by atoms with E-state index < -0.39 is 12.1 Å². The Balaban J connectivity index is 0.000000318. The molecule has 1 N–H and O–H groups in total. The molecule has 0 aromatic carbocycles. The maximum Gasteiger partial charge on any atom is 0.490 e. The second kappa shape index (κ2) is 8.99. The average molecular weight is 442 g/mol. The second-order valence-electron chi connectivity index (χ2n) is 7.33. The van der Waals surface area contributed by atoms with E-state index in [2.05, 4.69) is 14.9 Å². The van der Waals surface area contributed by atoms with E-state index in [9.17, 15) is 18.0 Å². The smallest absolute Gasteiger partial charge is 0.475 e. The highest BCUT2D eigenvalue weighted by molar-refractivity contribution is 7.12. The maximum atomic E-state index is 12.6. The fraction of sp³-hybridized carbons (Fsp3) is 0.474. The molecule has 1 amide bonds. The molecule has 4 rings (SSSR count). The summed E-state index contributed by atoms with van der Waals surface area (Å²) in [7, 11) is 0. The first-order valence-electron chi connectivity index (χ1n) is 9.35. The van der Waals surface area contributed by atoms with Gasteiger partial charge in [0.1, 0.15) is 0 Å². The maximum absolute atomic E-state index is 12.6. The number of aliphatic carboxylic acids is 1. The summed E-state index contributed by atoms with van der Waals surface area (Å²) in [6, 6.07) is 5.71. The van der Waals surface area contributed by atoms with Gasteiger partial charge in [0.2, 0.25) is 5.95 Å². The lowest BCUT2D eigenvalue weighted by molar-refractivity contribution is -0.192. The van der Waals surface area contributed by atoms with Gasteiger partial charge in [0.05, 0.1) is 4.88 Å². The van der Waals surface area contributed by atoms with E-state index in [0.717, 1.165) is 49.8 Å². The van der Waals surface area contributed by atoms with Crippen molar-refractivity contribution < 1.29 is 27.9 Å². The van der Waals surface area contributed by atoms with Crippen LogP contribution in [0.3, 0.4) is 0 Å². The van der Waals surface area contributed by atoms with Crippen molar-refractivity contribution in [1.29, 1.82) is 0 Å². The molecule has 0 bridgehead atoms. The topological polar surface area (TPSA) is 86.6 Å². The number of alkyl halides is 3. The number of nitrogens with zero attached hydrogens (tertiary/aromatic N) is 4. The minimum atomic E-state index is -5.08. The van der Waals surface area contributed by atoms with Crippen LogP contribution in [0, 0.1) is 5.41 Å². The Hall–Kier alpha value is -2.69. The van der Waals surface area contributed by atoms with Crippen LogP contribution in [0.2, 0.25) is 0 Å². The summed E-state index contributed by atoms with van der Waals surface area (Å²) in [5.41, 5.74) is 0.199. The van der Waals surface area contributed by atoms with Crippen LogP contribution < -0.4 is 4.90 Å². The fourth-order valence-corrected chi connectivity index (χ4v) is 4.52. The summed E-state index contributed by atoms with van der Waals surface area (Å²) >= 11 is 1.53. The highest BCUT2D eigenvalue weighted by Crippen LogP contribution is 2.40. The predicted molar refractivity (Wildman–Crippen MR) is 104 cm³/mol. The lowest BCUT2D eigenvalue weighted by Gasteiger charge is -2.40. The number of piperidine rings is 1. The predicted octanol–water partition coefficient (Wildman–Crippen LogP) is 3.30. The first-order valence-corrected chi connectivity index (χ1v) is 10.2. The molecule has 11 heteroatoms. The van der Waals surface area contributed by atoms with Gasteiger partial charge in [-0.15, -0.1) is 11.3 Å². The van der Waals surface area contributed by atoms with Crippen LogP contribution in [-0.2, 0) is 4.79 Å². The van der Waals surface area contributed by atoms with Crippen LogP contribution in [0.15, 0.2) is 36.0 Å². The molecule has 1 atom stereocenters. The molecule has 2 aliphatic heterocycles. The van der Waals surface area contributed by atoms with E-state index in [0.29, 0.717) is 0 Å². The number of amides is 1. The van der Waals surface area contributed by atoms with Gasteiger partial charge in [0, 0.05) is 44.0 Å². The number of hydrogen-bond donors (Lipinski definition) is 1. The number of anilines is 1. The van der Waals surface area contributed by atoms with E-state index in [4.69, 9.17) is 9.90 Å². The normalized spacial score (nSPS) is 21.3. The van der Waals surface area contributed by atoms with Crippen molar-refractivity contribution in [3.63, 3.8) is 0 Å². The molecule has 2 aromatic rings. The number of carbonyl (C=O) groups excluding carboxylic acids is 1. The van der Waals surface area contributed by atoms with Crippen LogP contribution in [0.25, 0.3) is 0 Å². The van der Waals surface area contributed by atoms with Crippen molar-refractivity contribution in [2.24, 2.45) is 5.41 Å². The van der Waals surface area contributed by atoms with E-state index in [-0.39, 0.29) is 11.3 Å². The lowest BCUT2D eigenvalue weighted by Crippen LogP contribution is -2.46. The van der Waals surface area contributed by atoms with Gasteiger partial charge in [-0.3, -0.25) is 4.79 Å². The van der Waals surface area contributed by atoms with Gasteiger partial charge in [-0.05, 0) is 36.8 Å². The third kappa shape index (κ3) is 5.26. The molecule has 30 heavy (non-hydrogen) atoms. The zero-order valence-electron chi connectivity index (χ0n) is 16.0. The number of carbonyl (C=O) groups is 2. The Morgan fingerprint density at radius 2 is 1.80 bits per heavy atom. The Morgan fingerprint density at radius 3 is 2.40 bits per heavy atom. The molecular formula is C19H21F3N4O3S. The molecule has 2 saturated heterocycles. The van der Waals surface area contributed by atoms with Crippen LogP contribution >= 0.6 is 11.3 Å². The van der Waals surface area contributed by atoms with Gasteiger partial charge < -0.3 is 14.9 Å². The number of hydrogen-bond acceptors (Lipinski definition) is 6. The Bertz CT molecular complexity index is 864. The van der Waals surface area contributed by atoms with Crippen LogP contribution in [0.4, 0.5) is 19.1 Å². The van der Waals surface area contributed by atoms with Crippen LogP contribution in [-0.4, -0.2) is 64.2 Å². The van der Waals surface area contributed by atoms with Crippen molar-refractivity contribution in [2.75, 3.05) is 31.1 Å². The summed E-state index contributed by atoms with van der Waals surface area (Å²) in [6.45, 7) is 3.67. The molecule has 4 heterocycles. The van der Waals surface area contributed by atoms with Gasteiger partial charge in [0.25, 0.3) is 5.91 Å². The third-order valence-electron chi connectivity index (χ3n) is 5.20. The molecule has 162 valence electrons. The Labute approximate surface area is 175 Å². The molecule has 2 aliphatic rings. The van der Waals surface area contributed by atoms with Crippen molar-refractivity contribution in [3.05, 3.63) is 40.8 Å². The number of thiophene rings is 1. The third-order valence-corrected chi connectivity index (χ3v) is 6.05. The highest BCUT2D eigenvalue weighted by Gasteiger charge is 2.43. The minimum absolute atomic E-state index is 0.185. The van der Waals surface area contributed by atoms with E-state index in [1.54, 1.807) is 12.4 Å². The largest absolute Gasteiger partial charge is 0.490 e. The summed E-state index contributed by atoms with van der Waals surface area (Å²) in [4.78, 5) is 35.4. The molecular weight excluding hydrogens is 421 g/mol. The van der Waals surface area contributed by atoms with E-state index in [1.165, 1.54) is 17.8 Å². The summed E-state index contributed by atoms with van der Waals surface area (Å²) in [5.74, 6) is -1.76. The van der Waals surface area contributed by atoms with Crippen molar-refractivity contribution in [1.82, 2.24) is 14.9 Å². The Morgan fingerprint density at radius 1 is 1.10 bits per heavy atom. The van der Waals surface area contributed by atoms with Gasteiger partial charge in [-0.1, -0.05) is 6.07 Å². The second-order valence-corrected chi connectivity index (χ2v) is 8.28. The number of rotatable bonds is 2. The van der Waals surface area contributed by atoms with Crippen molar-refractivity contribution in [2.45, 2.75) is 25.4 Å². The minimum Gasteiger partial charge on any atom is -0.475 e. The van der Waals surface area contributed by atoms with Gasteiger partial charge >= 0.3 is 12.1 Å². The first kappa shape index (κ1) is 22.0. The number of halogens is 3. The van der Waals surface area contributed by atoms with Gasteiger partial charge in [-0.2, -0.15) is 13.2 Å². The first-order chi connectivity index (χ1) is 14.2. The lowest BCUT2D eigenvalue weighted by atomic mass is 9.79. The summed E-state index contributed by atoms with van der Waals surface area (Å²) in [5, 5.41) is 9.09. The fourth-order valence-electron chi connectivity index (χ4n) is 3.83. The summed E-state index contributed by atoms with van der Waals surface area (Å²) in [6.07, 6.45) is 1.91. The number of likely N-dealkylation sites (tertiary alicyclic amines) is 1. The van der Waals surface area contributed by atoms with Gasteiger partial charge in [-0.25, -0.2) is 14.8 Å². The molecule has 0 saturated carbocycles. The zero-order chi connectivity index (χ0) is 21.8. The molecule has 1 spiro atoms. The monoisotopic (exact) mass is 442 g/mol. The van der Waals surface area contributed by atoms with Crippen molar-refractivity contribution >= 4 is 29.2 Å². The summed E-state index contributed by atoms with van der Waals surface area (Å²) < 4.78 is 31.7. The molecule has 0 radical (unpaired) electrons. The Kier molecular flexibility index (Phi) is 6.59. The quantitative estimate of drug-likeness (QED) is 0.768. The molecule has 1 unspecified atom stereocenters. The van der Waals surface area contributed by atoms with Gasteiger partial charge in [0.15, 0.2) is 0 Å². The van der Waals surface area contributed by atoms with Crippen LogP contribution in [0.5, 0.6) is 0 Å². The standard InChI is InChI=1S/C17H20N4OS.C2HF3O2/c22-15(14-4-1-11-23-14)20-10-6-17(12-20)5-2-9-21(13-17)16-18-7-3-8-19-16;3-2(4,5)1(6)7/h1,3-4,7-8,11H,2,5-6,9-10,12-13H2;(H,6,7). The number of aromatic nitrogens is 2. The number of carboxylic acids is 1. The molecule has 7 nitrogen and oxygen atoms in total.